The van der Waals surface area contributed by atoms with Crippen LogP contribution in [0.3, 0.4) is 0 Å². The van der Waals surface area contributed by atoms with Crippen molar-refractivity contribution in [1.82, 2.24) is 19.7 Å². The number of benzene rings is 2. The summed E-state index contributed by atoms with van der Waals surface area (Å²) < 4.78 is 96.2. The predicted octanol–water partition coefficient (Wildman–Crippen LogP) is 6.23. The summed E-state index contributed by atoms with van der Waals surface area (Å²) in [4.78, 5) is 3.43. The molecule has 0 atom stereocenters. The molecule has 0 amide bonds. The highest BCUT2D eigenvalue weighted by Gasteiger charge is 2.62. The van der Waals surface area contributed by atoms with Gasteiger partial charge >= 0.3 is 12.4 Å². The topological polar surface area (TPSA) is 57.4 Å². The van der Waals surface area contributed by atoms with Crippen molar-refractivity contribution >= 4 is 17.3 Å². The minimum Gasteiger partial charge on any atom is -0.380 e. The molecule has 2 aromatic carbocycles. The Labute approximate surface area is 235 Å². The Balaban J connectivity index is 1.25. The predicted molar refractivity (Wildman–Crippen MR) is 135 cm³/mol. The zero-order valence-electron chi connectivity index (χ0n) is 21.5. The number of rotatable bonds is 3. The lowest BCUT2D eigenvalue weighted by Crippen LogP contribution is -2.61. The van der Waals surface area contributed by atoms with Crippen LogP contribution in [0, 0.1) is 5.82 Å². The van der Waals surface area contributed by atoms with Crippen molar-refractivity contribution in [2.24, 2.45) is 0 Å². The van der Waals surface area contributed by atoms with Crippen LogP contribution in [0.25, 0.3) is 5.69 Å². The van der Waals surface area contributed by atoms with Crippen molar-refractivity contribution in [3.8, 4) is 5.69 Å². The van der Waals surface area contributed by atoms with Crippen molar-refractivity contribution in [2.75, 3.05) is 18.0 Å². The molecule has 220 valence electrons. The van der Waals surface area contributed by atoms with Gasteiger partial charge in [-0.05, 0) is 48.7 Å². The van der Waals surface area contributed by atoms with Gasteiger partial charge in [-0.25, -0.2) is 4.39 Å². The summed E-state index contributed by atoms with van der Waals surface area (Å²) in [7, 11) is 0. The fourth-order valence-electron chi connectivity index (χ4n) is 6.14. The SMILES string of the molecule is OC1(C(F)(F)F)CC(N2Cc3cc(Cl)ccc3-n3c(nnc3C3CCN(c4cccc(C(F)(F)F)c4F)CC3)C2)C1. The van der Waals surface area contributed by atoms with Gasteiger partial charge in [0.2, 0.25) is 0 Å². The zero-order valence-corrected chi connectivity index (χ0v) is 22.2. The molecule has 1 saturated carbocycles. The molecule has 1 aromatic heterocycles. The van der Waals surface area contributed by atoms with Gasteiger partial charge in [0.05, 0.1) is 23.5 Å². The minimum atomic E-state index is -4.80. The van der Waals surface area contributed by atoms with Gasteiger partial charge in [0, 0.05) is 49.5 Å². The molecule has 14 heteroatoms. The molecular weight excluding hydrogens is 579 g/mol. The van der Waals surface area contributed by atoms with Gasteiger partial charge in [0.25, 0.3) is 0 Å². The van der Waals surface area contributed by atoms with Crippen LogP contribution >= 0.6 is 11.6 Å². The Morgan fingerprint density at radius 3 is 2.29 bits per heavy atom. The normalized spacial score (nSPS) is 24.0. The van der Waals surface area contributed by atoms with Gasteiger partial charge in [-0.1, -0.05) is 17.7 Å². The largest absolute Gasteiger partial charge is 0.419 e. The summed E-state index contributed by atoms with van der Waals surface area (Å²) in [6.07, 6.45) is -9.46. The van der Waals surface area contributed by atoms with Crippen molar-refractivity contribution in [3.05, 3.63) is 70.0 Å². The summed E-state index contributed by atoms with van der Waals surface area (Å²) in [5.41, 5.74) is -2.62. The molecule has 1 N–H and O–H groups in total. The van der Waals surface area contributed by atoms with E-state index < -0.39 is 48.2 Å². The third kappa shape index (κ3) is 4.95. The van der Waals surface area contributed by atoms with E-state index in [1.54, 1.807) is 23.1 Å². The summed E-state index contributed by atoms with van der Waals surface area (Å²) in [6.45, 7) is 1.09. The maximum absolute atomic E-state index is 14.8. The van der Waals surface area contributed by atoms with E-state index >= 15 is 0 Å². The van der Waals surface area contributed by atoms with E-state index in [4.69, 9.17) is 11.6 Å². The van der Waals surface area contributed by atoms with E-state index in [1.807, 2.05) is 9.47 Å². The van der Waals surface area contributed by atoms with Crippen molar-refractivity contribution in [2.45, 2.75) is 68.7 Å². The van der Waals surface area contributed by atoms with Crippen LogP contribution in [0.15, 0.2) is 36.4 Å². The number of fused-ring (bicyclic) bond motifs is 3. The average Bonchev–Trinajstić information content (AvgIpc) is 3.21. The monoisotopic (exact) mass is 603 g/mol. The molecule has 0 spiro atoms. The van der Waals surface area contributed by atoms with E-state index in [1.165, 1.54) is 12.1 Å². The summed E-state index contributed by atoms with van der Waals surface area (Å²) in [6, 6.07) is 7.98. The van der Waals surface area contributed by atoms with Crippen LogP contribution in [0.1, 0.15) is 54.4 Å². The second-order valence-corrected chi connectivity index (χ2v) is 11.4. The number of anilines is 1. The third-order valence-electron chi connectivity index (χ3n) is 8.43. The molecule has 3 aromatic rings. The number of piperidine rings is 1. The number of halogens is 8. The fourth-order valence-corrected chi connectivity index (χ4v) is 6.34. The Morgan fingerprint density at radius 2 is 1.63 bits per heavy atom. The van der Waals surface area contributed by atoms with Gasteiger partial charge in [0.1, 0.15) is 5.82 Å². The molecule has 2 fully saturated rings. The first-order chi connectivity index (χ1) is 19.2. The Kier molecular flexibility index (Phi) is 6.77. The average molecular weight is 604 g/mol. The van der Waals surface area contributed by atoms with Crippen LogP contribution < -0.4 is 4.90 Å². The molecular formula is C27H25ClF7N5O. The second-order valence-electron chi connectivity index (χ2n) is 11.0. The molecule has 2 aliphatic heterocycles. The molecule has 6 nitrogen and oxygen atoms in total. The van der Waals surface area contributed by atoms with E-state index in [9.17, 15) is 35.8 Å². The molecule has 41 heavy (non-hydrogen) atoms. The van der Waals surface area contributed by atoms with Crippen LogP contribution in [0.2, 0.25) is 5.02 Å². The van der Waals surface area contributed by atoms with Gasteiger partial charge in [0.15, 0.2) is 17.2 Å². The van der Waals surface area contributed by atoms with Gasteiger partial charge in [-0.3, -0.25) is 9.47 Å². The molecule has 3 aliphatic rings. The van der Waals surface area contributed by atoms with Crippen LogP contribution in [0.4, 0.5) is 36.4 Å². The standard InChI is InChI=1S/C27H25ClF7N5O/c28-17-4-5-20-16(10-17)13-39(18-11-25(41,12-18)27(33,34)35)14-22-36-37-24(40(20)22)15-6-8-38(9-7-15)21-3-1-2-19(23(21)29)26(30,31)32/h1-5,10,15,18,41H,6-9,11-14H2. The molecule has 3 heterocycles. The number of nitrogens with zero attached hydrogens (tertiary/aromatic N) is 5. The van der Waals surface area contributed by atoms with E-state index in [0.717, 1.165) is 17.3 Å². The molecule has 6 rings (SSSR count). The highest BCUT2D eigenvalue weighted by Crippen LogP contribution is 2.48. The van der Waals surface area contributed by atoms with E-state index in [0.29, 0.717) is 49.1 Å². The maximum Gasteiger partial charge on any atom is 0.419 e. The highest BCUT2D eigenvalue weighted by atomic mass is 35.5. The lowest BCUT2D eigenvalue weighted by molar-refractivity contribution is -0.300. The number of hydrogen-bond donors (Lipinski definition) is 1. The van der Waals surface area contributed by atoms with Crippen molar-refractivity contribution < 1.29 is 35.8 Å². The first-order valence-corrected chi connectivity index (χ1v) is 13.5. The minimum absolute atomic E-state index is 0.103. The van der Waals surface area contributed by atoms with Gasteiger partial charge in [-0.15, -0.1) is 10.2 Å². The third-order valence-corrected chi connectivity index (χ3v) is 8.67. The lowest BCUT2D eigenvalue weighted by atomic mass is 9.74. The van der Waals surface area contributed by atoms with Crippen LogP contribution in [-0.4, -0.2) is 55.7 Å². The summed E-state index contributed by atoms with van der Waals surface area (Å²) >= 11 is 6.27. The molecule has 0 bridgehead atoms. The summed E-state index contributed by atoms with van der Waals surface area (Å²) in [5, 5.41) is 19.3. The number of hydrogen-bond acceptors (Lipinski definition) is 5. The second kappa shape index (κ2) is 9.84. The Bertz CT molecular complexity index is 1460. The summed E-state index contributed by atoms with van der Waals surface area (Å²) in [5.74, 6) is -0.297. The number of aliphatic hydroxyl groups is 1. The lowest BCUT2D eigenvalue weighted by Gasteiger charge is -2.48. The fraction of sp³-hybridized carbons (Fsp3) is 0.481. The first kappa shape index (κ1) is 28.2. The van der Waals surface area contributed by atoms with Gasteiger partial charge < -0.3 is 10.0 Å². The Morgan fingerprint density at radius 1 is 0.927 bits per heavy atom. The van der Waals surface area contributed by atoms with E-state index in [2.05, 4.69) is 10.2 Å². The molecule has 1 aliphatic carbocycles. The van der Waals surface area contributed by atoms with Crippen LogP contribution in [0.5, 0.6) is 0 Å². The number of aromatic nitrogens is 3. The zero-order chi connectivity index (χ0) is 29.3. The van der Waals surface area contributed by atoms with Crippen molar-refractivity contribution in [3.63, 3.8) is 0 Å². The van der Waals surface area contributed by atoms with Gasteiger partial charge in [-0.2, -0.15) is 26.3 Å². The maximum atomic E-state index is 14.8. The smallest absolute Gasteiger partial charge is 0.380 e. The Hall–Kier alpha value is -2.90. The first-order valence-electron chi connectivity index (χ1n) is 13.1. The van der Waals surface area contributed by atoms with E-state index in [-0.39, 0.29) is 18.2 Å². The molecule has 0 radical (unpaired) electrons. The van der Waals surface area contributed by atoms with Crippen LogP contribution in [-0.2, 0) is 19.3 Å². The highest BCUT2D eigenvalue weighted by molar-refractivity contribution is 6.30. The molecule has 1 saturated heterocycles. The molecule has 0 unspecified atom stereocenters. The quantitative estimate of drug-likeness (QED) is 0.360. The van der Waals surface area contributed by atoms with Crippen molar-refractivity contribution in [1.29, 1.82) is 0 Å². The number of alkyl halides is 6.